The van der Waals surface area contributed by atoms with Gasteiger partial charge in [-0.15, -0.1) is 0 Å². The summed E-state index contributed by atoms with van der Waals surface area (Å²) in [6, 6.07) is -0.0111. The van der Waals surface area contributed by atoms with Crippen LogP contribution >= 0.6 is 0 Å². The molecule has 1 aliphatic rings. The van der Waals surface area contributed by atoms with Crippen LogP contribution in [0.15, 0.2) is 0 Å². The van der Waals surface area contributed by atoms with Crippen molar-refractivity contribution >= 4 is 6.03 Å². The Hall–Kier alpha value is -1.52. The summed E-state index contributed by atoms with van der Waals surface area (Å²) in [5.74, 6) is 0.662. The number of fused-ring (bicyclic) bond motifs is 1. The zero-order valence-electron chi connectivity index (χ0n) is 12.8. The third kappa shape index (κ3) is 3.52. The lowest BCUT2D eigenvalue weighted by molar-refractivity contribution is 0.205. The van der Waals surface area contributed by atoms with Gasteiger partial charge >= 0.3 is 6.03 Å². The first-order valence-electron chi connectivity index (χ1n) is 7.65. The van der Waals surface area contributed by atoms with Gasteiger partial charge in [-0.1, -0.05) is 20.3 Å². The van der Waals surface area contributed by atoms with Gasteiger partial charge in [-0.25, -0.2) is 4.79 Å². The number of nitrogens with one attached hydrogen (secondary N) is 2. The standard InChI is InChI=1S/C15H26N4O/c1-4-11(2)8-9-16-15(20)19(3)10-14-12-6-5-7-13(12)17-18-14/h11H,4-10H2,1-3H3,(H,16,20)(H,17,18)/t11-/m1/s1. The van der Waals surface area contributed by atoms with Crippen LogP contribution in [0.4, 0.5) is 4.79 Å². The zero-order chi connectivity index (χ0) is 14.5. The highest BCUT2D eigenvalue weighted by Gasteiger charge is 2.20. The van der Waals surface area contributed by atoms with Crippen LogP contribution in [0.2, 0.25) is 0 Å². The number of hydrogen-bond acceptors (Lipinski definition) is 2. The molecule has 1 aliphatic carbocycles. The predicted molar refractivity (Wildman–Crippen MR) is 79.6 cm³/mol. The number of nitrogens with zero attached hydrogens (tertiary/aromatic N) is 2. The molecule has 0 aromatic carbocycles. The van der Waals surface area contributed by atoms with E-state index < -0.39 is 0 Å². The van der Waals surface area contributed by atoms with Gasteiger partial charge < -0.3 is 10.2 Å². The molecule has 5 heteroatoms. The quantitative estimate of drug-likeness (QED) is 0.839. The SMILES string of the molecule is CC[C@@H](C)CCNC(=O)N(C)Cc1n[nH]c2c1CCC2. The van der Waals surface area contributed by atoms with E-state index in [0.717, 1.165) is 37.9 Å². The number of carbonyl (C=O) groups excluding carboxylic acids is 1. The van der Waals surface area contributed by atoms with Gasteiger partial charge in [-0.3, -0.25) is 5.10 Å². The van der Waals surface area contributed by atoms with Gasteiger partial charge in [-0.05, 0) is 37.2 Å². The molecular weight excluding hydrogens is 252 g/mol. The highest BCUT2D eigenvalue weighted by Crippen LogP contribution is 2.23. The third-order valence-corrected chi connectivity index (χ3v) is 4.24. The molecular formula is C15H26N4O. The summed E-state index contributed by atoms with van der Waals surface area (Å²) in [6.45, 7) is 5.72. The first-order chi connectivity index (χ1) is 9.61. The topological polar surface area (TPSA) is 61.0 Å². The van der Waals surface area contributed by atoms with E-state index in [9.17, 15) is 4.79 Å². The van der Waals surface area contributed by atoms with Gasteiger partial charge in [-0.2, -0.15) is 5.10 Å². The van der Waals surface area contributed by atoms with Crippen molar-refractivity contribution in [2.75, 3.05) is 13.6 Å². The van der Waals surface area contributed by atoms with Gasteiger partial charge in [0.15, 0.2) is 0 Å². The first-order valence-corrected chi connectivity index (χ1v) is 7.65. The van der Waals surface area contributed by atoms with Gasteiger partial charge in [0.1, 0.15) is 0 Å². The fourth-order valence-corrected chi connectivity index (χ4v) is 2.58. The van der Waals surface area contributed by atoms with E-state index in [-0.39, 0.29) is 6.03 Å². The smallest absolute Gasteiger partial charge is 0.317 e. The molecule has 1 atom stereocenters. The van der Waals surface area contributed by atoms with Crippen molar-refractivity contribution in [3.05, 3.63) is 17.0 Å². The number of aryl methyl sites for hydroxylation is 1. The minimum atomic E-state index is -0.0111. The second kappa shape index (κ2) is 6.77. The van der Waals surface area contributed by atoms with Gasteiger partial charge in [0.2, 0.25) is 0 Å². The number of rotatable bonds is 6. The lowest BCUT2D eigenvalue weighted by atomic mass is 10.1. The van der Waals surface area contributed by atoms with Crippen LogP contribution in [0.25, 0.3) is 0 Å². The molecule has 2 amide bonds. The Kier molecular flexibility index (Phi) is 5.04. The summed E-state index contributed by atoms with van der Waals surface area (Å²) in [4.78, 5) is 13.7. The van der Waals surface area contributed by atoms with E-state index in [4.69, 9.17) is 0 Å². The van der Waals surface area contributed by atoms with Crippen molar-refractivity contribution in [2.45, 2.75) is 52.5 Å². The van der Waals surface area contributed by atoms with Crippen LogP contribution < -0.4 is 5.32 Å². The molecule has 0 saturated carbocycles. The fraction of sp³-hybridized carbons (Fsp3) is 0.733. The normalized spacial score (nSPS) is 14.9. The number of H-pyrrole nitrogens is 1. The molecule has 0 aliphatic heterocycles. The van der Waals surface area contributed by atoms with Crippen LogP contribution in [0.3, 0.4) is 0 Å². The average molecular weight is 278 g/mol. The Morgan fingerprint density at radius 2 is 2.30 bits per heavy atom. The molecule has 0 fully saturated rings. The maximum absolute atomic E-state index is 12.0. The molecule has 5 nitrogen and oxygen atoms in total. The van der Waals surface area contributed by atoms with Crippen LogP contribution in [0.5, 0.6) is 0 Å². The lowest BCUT2D eigenvalue weighted by Crippen LogP contribution is -2.37. The van der Waals surface area contributed by atoms with Crippen molar-refractivity contribution in [1.82, 2.24) is 20.4 Å². The summed E-state index contributed by atoms with van der Waals surface area (Å²) >= 11 is 0. The largest absolute Gasteiger partial charge is 0.338 e. The van der Waals surface area contributed by atoms with E-state index in [2.05, 4.69) is 29.4 Å². The van der Waals surface area contributed by atoms with Gasteiger partial charge in [0.05, 0.1) is 12.2 Å². The van der Waals surface area contributed by atoms with E-state index in [0.29, 0.717) is 12.5 Å². The molecule has 0 spiro atoms. The number of carbonyl (C=O) groups is 1. The Morgan fingerprint density at radius 3 is 3.05 bits per heavy atom. The van der Waals surface area contributed by atoms with E-state index in [1.807, 2.05) is 7.05 Å². The summed E-state index contributed by atoms with van der Waals surface area (Å²) in [6.07, 6.45) is 5.57. The minimum Gasteiger partial charge on any atom is -0.338 e. The van der Waals surface area contributed by atoms with E-state index in [1.165, 1.54) is 17.7 Å². The molecule has 0 saturated heterocycles. The summed E-state index contributed by atoms with van der Waals surface area (Å²) < 4.78 is 0. The molecule has 2 rings (SSSR count). The highest BCUT2D eigenvalue weighted by molar-refractivity contribution is 5.73. The molecule has 112 valence electrons. The maximum Gasteiger partial charge on any atom is 0.317 e. The number of urea groups is 1. The lowest BCUT2D eigenvalue weighted by Gasteiger charge is -2.18. The van der Waals surface area contributed by atoms with Crippen LogP contribution in [0, 0.1) is 5.92 Å². The van der Waals surface area contributed by atoms with Crippen LogP contribution in [-0.2, 0) is 19.4 Å². The monoisotopic (exact) mass is 278 g/mol. The summed E-state index contributed by atoms with van der Waals surface area (Å²) in [7, 11) is 1.83. The molecule has 1 aromatic heterocycles. The minimum absolute atomic E-state index is 0.0111. The van der Waals surface area contributed by atoms with Crippen molar-refractivity contribution in [3.8, 4) is 0 Å². The number of hydrogen-bond donors (Lipinski definition) is 2. The second-order valence-corrected chi connectivity index (χ2v) is 5.87. The highest BCUT2D eigenvalue weighted by atomic mass is 16.2. The number of aromatic amines is 1. The molecule has 0 unspecified atom stereocenters. The third-order valence-electron chi connectivity index (χ3n) is 4.24. The van der Waals surface area contributed by atoms with Crippen molar-refractivity contribution in [1.29, 1.82) is 0 Å². The Balaban J connectivity index is 1.79. The maximum atomic E-state index is 12.0. The van der Waals surface area contributed by atoms with E-state index >= 15 is 0 Å². The summed E-state index contributed by atoms with van der Waals surface area (Å²) in [5.41, 5.74) is 3.60. The van der Waals surface area contributed by atoms with Crippen molar-refractivity contribution in [3.63, 3.8) is 0 Å². The van der Waals surface area contributed by atoms with Gasteiger partial charge in [0, 0.05) is 19.3 Å². The first kappa shape index (κ1) is 14.9. The Bertz CT molecular complexity index is 455. The Labute approximate surface area is 121 Å². The Morgan fingerprint density at radius 1 is 1.50 bits per heavy atom. The second-order valence-electron chi connectivity index (χ2n) is 5.87. The molecule has 1 aromatic rings. The molecule has 2 N–H and O–H groups in total. The molecule has 1 heterocycles. The van der Waals surface area contributed by atoms with Gasteiger partial charge in [0.25, 0.3) is 0 Å². The van der Waals surface area contributed by atoms with Crippen LogP contribution in [0.1, 0.15) is 50.1 Å². The average Bonchev–Trinajstić information content (AvgIpc) is 3.03. The zero-order valence-corrected chi connectivity index (χ0v) is 12.8. The predicted octanol–water partition coefficient (Wildman–Crippen LogP) is 2.48. The molecule has 0 bridgehead atoms. The van der Waals surface area contributed by atoms with E-state index in [1.54, 1.807) is 4.90 Å². The fourth-order valence-electron chi connectivity index (χ4n) is 2.58. The van der Waals surface area contributed by atoms with Crippen molar-refractivity contribution in [2.24, 2.45) is 5.92 Å². The number of aromatic nitrogens is 2. The van der Waals surface area contributed by atoms with Crippen molar-refractivity contribution < 1.29 is 4.79 Å². The number of amides is 2. The van der Waals surface area contributed by atoms with Crippen LogP contribution in [-0.4, -0.2) is 34.7 Å². The summed E-state index contributed by atoms with van der Waals surface area (Å²) in [5, 5.41) is 10.4. The molecule has 20 heavy (non-hydrogen) atoms. The molecule has 0 radical (unpaired) electrons.